The Morgan fingerprint density at radius 3 is 1.00 bits per heavy atom. The molecule has 0 saturated carbocycles. The lowest BCUT2D eigenvalue weighted by molar-refractivity contribution is 0.290. The molecule has 2 fully saturated rings. The fourth-order valence-corrected chi connectivity index (χ4v) is 4.88. The summed E-state index contributed by atoms with van der Waals surface area (Å²) < 4.78 is 0. The van der Waals surface area contributed by atoms with Gasteiger partial charge in [0.15, 0.2) is 0 Å². The molecule has 0 spiro atoms. The van der Waals surface area contributed by atoms with Gasteiger partial charge < -0.3 is 0 Å². The first kappa shape index (κ1) is 24.1. The number of nitrogens with one attached hydrogen (secondary N) is 2. The van der Waals surface area contributed by atoms with Gasteiger partial charge in [0.1, 0.15) is 0 Å². The van der Waals surface area contributed by atoms with Gasteiger partial charge in [-0.25, -0.2) is 20.9 Å². The Balaban J connectivity index is 1.77. The summed E-state index contributed by atoms with van der Waals surface area (Å²) in [6.45, 7) is 11.6. The quantitative estimate of drug-likeness (QED) is 0.198. The van der Waals surface area contributed by atoms with E-state index in [-0.39, 0.29) is 0 Å². The van der Waals surface area contributed by atoms with E-state index in [2.05, 4.69) is 48.6 Å². The van der Waals surface area contributed by atoms with Gasteiger partial charge in [0, 0.05) is 13.1 Å². The fourth-order valence-electron chi connectivity index (χ4n) is 4.88. The Labute approximate surface area is 176 Å². The van der Waals surface area contributed by atoms with Crippen molar-refractivity contribution in [2.45, 2.75) is 142 Å². The third-order valence-electron chi connectivity index (χ3n) is 6.94. The first-order valence-corrected chi connectivity index (χ1v) is 12.8. The highest BCUT2D eigenvalue weighted by molar-refractivity contribution is 5.01. The molecule has 2 aliphatic rings. The van der Waals surface area contributed by atoms with Gasteiger partial charge in [-0.05, 0) is 25.7 Å². The second-order valence-electron chi connectivity index (χ2n) is 9.42. The first-order valence-electron chi connectivity index (χ1n) is 12.8. The van der Waals surface area contributed by atoms with Gasteiger partial charge in [-0.2, -0.15) is 0 Å². The molecule has 0 aromatic heterocycles. The third-order valence-corrected chi connectivity index (χ3v) is 6.94. The van der Waals surface area contributed by atoms with E-state index in [4.69, 9.17) is 0 Å². The Bertz CT molecular complexity index is 353. The minimum atomic E-state index is 0.327. The van der Waals surface area contributed by atoms with Crippen molar-refractivity contribution < 1.29 is 0 Å². The summed E-state index contributed by atoms with van der Waals surface area (Å²) in [4.78, 5) is 0. The number of hydrogen-bond donors (Lipinski definition) is 2. The number of hydrazine groups is 2. The molecule has 0 radical (unpaired) electrons. The van der Waals surface area contributed by atoms with Gasteiger partial charge in [-0.3, -0.25) is 0 Å². The van der Waals surface area contributed by atoms with Crippen molar-refractivity contribution in [3.05, 3.63) is 0 Å². The maximum atomic E-state index is 3.79. The van der Waals surface area contributed by atoms with Crippen LogP contribution < -0.4 is 10.9 Å². The molecule has 2 aliphatic heterocycles. The van der Waals surface area contributed by atoms with Crippen LogP contribution in [0.15, 0.2) is 0 Å². The van der Waals surface area contributed by atoms with Crippen molar-refractivity contribution in [2.75, 3.05) is 13.1 Å². The highest BCUT2D eigenvalue weighted by atomic mass is 15.8. The van der Waals surface area contributed by atoms with Crippen LogP contribution in [0.1, 0.15) is 130 Å². The molecule has 28 heavy (non-hydrogen) atoms. The monoisotopic (exact) mass is 394 g/mol. The van der Waals surface area contributed by atoms with Crippen LogP contribution in [-0.4, -0.2) is 34.4 Å². The molecule has 4 heteroatoms. The summed E-state index contributed by atoms with van der Waals surface area (Å²) in [5.74, 6) is 0. The largest absolute Gasteiger partial charge is 0.232 e. The lowest BCUT2D eigenvalue weighted by Crippen LogP contribution is -2.26. The Morgan fingerprint density at radius 2 is 0.750 bits per heavy atom. The van der Waals surface area contributed by atoms with Crippen LogP contribution >= 0.6 is 0 Å². The molecule has 2 unspecified atom stereocenters. The maximum Gasteiger partial charge on any atom is 0.0974 e. The average molecular weight is 395 g/mol. The lowest BCUT2D eigenvalue weighted by Gasteiger charge is -2.17. The second kappa shape index (κ2) is 12.5. The molecular weight excluding hydrogens is 344 g/mol. The van der Waals surface area contributed by atoms with Crippen molar-refractivity contribution in [1.82, 2.24) is 20.9 Å². The molecule has 2 saturated heterocycles. The van der Waals surface area contributed by atoms with Crippen LogP contribution in [0.3, 0.4) is 0 Å². The van der Waals surface area contributed by atoms with Crippen molar-refractivity contribution in [1.29, 1.82) is 0 Å². The average Bonchev–Trinajstić information content (AvgIpc) is 3.57. The standard InChI is InChI=1S/C24H50N4/c1-5-9-13-17-23(18-14-10-6-2)25-27(23)21-22-28-24(26-28,19-15-11-7-3)20-16-12-8-4/h25-26H,5-22H2,1-4H3. The zero-order valence-electron chi connectivity index (χ0n) is 19.6. The van der Waals surface area contributed by atoms with Crippen LogP contribution in [-0.2, 0) is 0 Å². The fraction of sp³-hybridized carbons (Fsp3) is 1.00. The maximum absolute atomic E-state index is 3.79. The van der Waals surface area contributed by atoms with E-state index in [1.54, 1.807) is 0 Å². The predicted octanol–water partition coefficient (Wildman–Crippen LogP) is 6.34. The van der Waals surface area contributed by atoms with E-state index in [1.165, 1.54) is 103 Å². The van der Waals surface area contributed by atoms with Crippen LogP contribution in [0.2, 0.25) is 0 Å². The zero-order valence-corrected chi connectivity index (χ0v) is 19.6. The molecule has 2 atom stereocenters. The van der Waals surface area contributed by atoms with Crippen LogP contribution in [0.4, 0.5) is 0 Å². The summed E-state index contributed by atoms with van der Waals surface area (Å²) in [7, 11) is 0. The third kappa shape index (κ3) is 7.27. The lowest BCUT2D eigenvalue weighted by atomic mass is 9.98. The number of unbranched alkanes of at least 4 members (excludes halogenated alkanes) is 8. The van der Waals surface area contributed by atoms with E-state index in [1.807, 2.05) is 0 Å². The van der Waals surface area contributed by atoms with Gasteiger partial charge in [-0.15, -0.1) is 0 Å². The summed E-state index contributed by atoms with van der Waals surface area (Å²) in [5.41, 5.74) is 8.24. The Morgan fingerprint density at radius 1 is 0.464 bits per heavy atom. The van der Waals surface area contributed by atoms with E-state index in [9.17, 15) is 0 Å². The molecular formula is C24H50N4. The SMILES string of the molecule is CCCCCC1(CCCCC)NN1CCN1NC1(CCCCC)CCCCC. The van der Waals surface area contributed by atoms with Gasteiger partial charge in [0.05, 0.1) is 11.3 Å². The van der Waals surface area contributed by atoms with Crippen molar-refractivity contribution in [3.8, 4) is 0 Å². The number of rotatable bonds is 19. The molecule has 0 bridgehead atoms. The van der Waals surface area contributed by atoms with E-state index in [0.29, 0.717) is 11.3 Å². The molecule has 0 aliphatic carbocycles. The summed E-state index contributed by atoms with van der Waals surface area (Å²) in [6.07, 6.45) is 21.6. The Kier molecular flexibility index (Phi) is 10.8. The molecule has 2 heterocycles. The van der Waals surface area contributed by atoms with Gasteiger partial charge in [0.25, 0.3) is 0 Å². The van der Waals surface area contributed by atoms with E-state index in [0.717, 1.165) is 13.1 Å². The smallest absolute Gasteiger partial charge is 0.0974 e. The molecule has 0 amide bonds. The summed E-state index contributed by atoms with van der Waals surface area (Å²) in [5, 5.41) is 5.14. The second-order valence-corrected chi connectivity index (χ2v) is 9.42. The van der Waals surface area contributed by atoms with Crippen molar-refractivity contribution >= 4 is 0 Å². The normalized spacial score (nSPS) is 24.4. The molecule has 2 N–H and O–H groups in total. The molecule has 166 valence electrons. The van der Waals surface area contributed by atoms with E-state index < -0.39 is 0 Å². The van der Waals surface area contributed by atoms with Crippen molar-refractivity contribution in [2.24, 2.45) is 0 Å². The highest BCUT2D eigenvalue weighted by Gasteiger charge is 2.53. The summed E-state index contributed by atoms with van der Waals surface area (Å²) in [6, 6.07) is 0. The molecule has 0 aromatic carbocycles. The number of nitrogens with zero attached hydrogens (tertiary/aromatic N) is 2. The number of hydrogen-bond acceptors (Lipinski definition) is 4. The Hall–Kier alpha value is -0.160. The zero-order chi connectivity index (χ0) is 20.3. The minimum absolute atomic E-state index is 0.327. The van der Waals surface area contributed by atoms with Crippen LogP contribution in [0, 0.1) is 0 Å². The van der Waals surface area contributed by atoms with Gasteiger partial charge in [-0.1, -0.05) is 105 Å². The predicted molar refractivity (Wildman–Crippen MR) is 122 cm³/mol. The topological polar surface area (TPSA) is 49.9 Å². The van der Waals surface area contributed by atoms with Crippen molar-refractivity contribution in [3.63, 3.8) is 0 Å². The molecule has 2 rings (SSSR count). The van der Waals surface area contributed by atoms with E-state index >= 15 is 0 Å². The first-order chi connectivity index (χ1) is 13.7. The molecule has 0 aromatic rings. The van der Waals surface area contributed by atoms with Gasteiger partial charge in [0.2, 0.25) is 0 Å². The van der Waals surface area contributed by atoms with Crippen LogP contribution in [0.25, 0.3) is 0 Å². The van der Waals surface area contributed by atoms with Crippen LogP contribution in [0.5, 0.6) is 0 Å². The minimum Gasteiger partial charge on any atom is -0.232 e. The molecule has 4 nitrogen and oxygen atoms in total. The van der Waals surface area contributed by atoms with Gasteiger partial charge >= 0.3 is 0 Å². The highest BCUT2D eigenvalue weighted by Crippen LogP contribution is 2.39. The summed E-state index contributed by atoms with van der Waals surface area (Å²) >= 11 is 0.